The second-order valence-corrected chi connectivity index (χ2v) is 7.41. The van der Waals surface area contributed by atoms with Crippen molar-refractivity contribution in [3.05, 3.63) is 65.2 Å². The Hall–Kier alpha value is -3.66. The van der Waals surface area contributed by atoms with Gasteiger partial charge in [-0.05, 0) is 47.4 Å². The molecule has 7 nitrogen and oxygen atoms in total. The zero-order valence-electron chi connectivity index (χ0n) is 16.6. The third-order valence-corrected chi connectivity index (χ3v) is 4.07. The van der Waals surface area contributed by atoms with Gasteiger partial charge in [0.05, 0.1) is 11.6 Å². The average Bonchev–Trinajstić information content (AvgIpc) is 2.70. The summed E-state index contributed by atoms with van der Waals surface area (Å²) in [6.45, 7) is 5.42. The lowest BCUT2D eigenvalue weighted by molar-refractivity contribution is -0.146. The highest BCUT2D eigenvalue weighted by Crippen LogP contribution is 2.22. The molecule has 0 aliphatic carbocycles. The first-order valence-corrected chi connectivity index (χ1v) is 9.03. The quantitative estimate of drug-likeness (QED) is 0.734. The molecule has 2 aromatic rings. The highest BCUT2D eigenvalue weighted by atomic mass is 16.5. The fourth-order valence-corrected chi connectivity index (χ4v) is 2.40. The molecule has 0 spiro atoms. The first-order valence-electron chi connectivity index (χ1n) is 9.03. The molecule has 29 heavy (non-hydrogen) atoms. The number of esters is 1. The van der Waals surface area contributed by atoms with E-state index in [4.69, 9.17) is 10.00 Å². The number of hydrogen-bond donors (Lipinski definition) is 2. The minimum atomic E-state index is -0.723. The number of anilines is 1. The van der Waals surface area contributed by atoms with Crippen LogP contribution in [0.25, 0.3) is 0 Å². The van der Waals surface area contributed by atoms with Crippen molar-refractivity contribution < 1.29 is 19.1 Å². The molecular weight excluding hydrogens is 370 g/mol. The summed E-state index contributed by atoms with van der Waals surface area (Å²) in [4.78, 5) is 35.7. The van der Waals surface area contributed by atoms with Gasteiger partial charge in [0.15, 0.2) is 6.61 Å². The molecular formula is C22H23N3O4. The molecule has 0 aliphatic rings. The number of carbonyl (C=O) groups excluding carboxylic acids is 3. The molecule has 7 heteroatoms. The lowest BCUT2D eigenvalue weighted by atomic mass is 9.87. The van der Waals surface area contributed by atoms with Crippen molar-refractivity contribution >= 4 is 23.5 Å². The minimum absolute atomic E-state index is 0.0167. The zero-order valence-corrected chi connectivity index (χ0v) is 16.6. The third kappa shape index (κ3) is 6.78. The average molecular weight is 393 g/mol. The summed E-state index contributed by atoms with van der Waals surface area (Å²) in [6, 6.07) is 15.4. The number of carbonyl (C=O) groups is 3. The van der Waals surface area contributed by atoms with Gasteiger partial charge in [0.1, 0.15) is 6.54 Å². The maximum Gasteiger partial charge on any atom is 0.325 e. The first kappa shape index (κ1) is 21.6. The van der Waals surface area contributed by atoms with E-state index in [1.807, 2.05) is 18.2 Å². The van der Waals surface area contributed by atoms with Gasteiger partial charge in [0, 0.05) is 11.3 Å². The van der Waals surface area contributed by atoms with Gasteiger partial charge in [-0.25, -0.2) is 0 Å². The van der Waals surface area contributed by atoms with E-state index in [2.05, 4.69) is 31.4 Å². The van der Waals surface area contributed by atoms with Crippen molar-refractivity contribution in [2.75, 3.05) is 18.5 Å². The number of benzene rings is 2. The van der Waals surface area contributed by atoms with E-state index in [1.54, 1.807) is 36.4 Å². The molecule has 0 aliphatic heterocycles. The predicted octanol–water partition coefficient (Wildman–Crippen LogP) is 2.77. The maximum atomic E-state index is 12.1. The van der Waals surface area contributed by atoms with Crippen LogP contribution in [0.5, 0.6) is 0 Å². The number of rotatable bonds is 6. The van der Waals surface area contributed by atoms with E-state index in [0.717, 1.165) is 5.56 Å². The molecule has 2 N–H and O–H groups in total. The zero-order chi connectivity index (χ0) is 21.4. The standard InChI is InChI=1S/C22H23N3O4/c1-22(2,3)17-8-6-16(7-9-17)21(28)24-13-20(27)29-14-19(26)25-18-10-4-15(12-23)5-11-18/h4-11H,13-14H2,1-3H3,(H,24,28)(H,25,26). The first-order chi connectivity index (χ1) is 13.7. The largest absolute Gasteiger partial charge is 0.454 e. The number of ether oxygens (including phenoxy) is 1. The number of nitrogens with zero attached hydrogens (tertiary/aromatic N) is 1. The molecule has 0 heterocycles. The van der Waals surface area contributed by atoms with E-state index in [9.17, 15) is 14.4 Å². The van der Waals surface area contributed by atoms with E-state index in [0.29, 0.717) is 16.8 Å². The maximum absolute atomic E-state index is 12.1. The van der Waals surface area contributed by atoms with Crippen LogP contribution < -0.4 is 10.6 Å². The summed E-state index contributed by atoms with van der Waals surface area (Å²) in [5.74, 6) is -1.64. The molecule has 0 radical (unpaired) electrons. The minimum Gasteiger partial charge on any atom is -0.454 e. The second-order valence-electron chi connectivity index (χ2n) is 7.41. The summed E-state index contributed by atoms with van der Waals surface area (Å²) in [5, 5.41) is 13.7. The van der Waals surface area contributed by atoms with Crippen molar-refractivity contribution in [3.8, 4) is 6.07 Å². The number of hydrogen-bond acceptors (Lipinski definition) is 5. The van der Waals surface area contributed by atoms with Gasteiger partial charge in [-0.1, -0.05) is 32.9 Å². The van der Waals surface area contributed by atoms with Gasteiger partial charge in [0.25, 0.3) is 11.8 Å². The fraction of sp³-hybridized carbons (Fsp3) is 0.273. The van der Waals surface area contributed by atoms with Crippen LogP contribution in [0.1, 0.15) is 42.3 Å². The van der Waals surface area contributed by atoms with Gasteiger partial charge in [-0.15, -0.1) is 0 Å². The molecule has 0 aromatic heterocycles. The summed E-state index contributed by atoms with van der Waals surface area (Å²) in [6.07, 6.45) is 0. The molecule has 0 saturated heterocycles. The van der Waals surface area contributed by atoms with Gasteiger partial charge < -0.3 is 15.4 Å². The van der Waals surface area contributed by atoms with E-state index in [1.165, 1.54) is 0 Å². The van der Waals surface area contributed by atoms with Crippen LogP contribution in [-0.4, -0.2) is 30.9 Å². The van der Waals surface area contributed by atoms with E-state index < -0.39 is 24.4 Å². The third-order valence-electron chi connectivity index (χ3n) is 4.07. The molecule has 150 valence electrons. The van der Waals surface area contributed by atoms with Crippen LogP contribution in [0.4, 0.5) is 5.69 Å². The van der Waals surface area contributed by atoms with E-state index in [-0.39, 0.29) is 12.0 Å². The van der Waals surface area contributed by atoms with E-state index >= 15 is 0 Å². The van der Waals surface area contributed by atoms with Crippen LogP contribution in [0.15, 0.2) is 48.5 Å². The Morgan fingerprint density at radius 3 is 2.17 bits per heavy atom. The van der Waals surface area contributed by atoms with Gasteiger partial charge in [0.2, 0.25) is 0 Å². The van der Waals surface area contributed by atoms with Crippen LogP contribution >= 0.6 is 0 Å². The Morgan fingerprint density at radius 1 is 1.00 bits per heavy atom. The highest BCUT2D eigenvalue weighted by Gasteiger charge is 2.15. The van der Waals surface area contributed by atoms with Crippen LogP contribution in [0, 0.1) is 11.3 Å². The van der Waals surface area contributed by atoms with Gasteiger partial charge >= 0.3 is 5.97 Å². The molecule has 0 saturated carbocycles. The van der Waals surface area contributed by atoms with Crippen molar-refractivity contribution in [1.82, 2.24) is 5.32 Å². The predicted molar refractivity (Wildman–Crippen MR) is 108 cm³/mol. The number of amides is 2. The molecule has 0 unspecified atom stereocenters. The summed E-state index contributed by atoms with van der Waals surface area (Å²) >= 11 is 0. The van der Waals surface area contributed by atoms with Crippen LogP contribution in [0.3, 0.4) is 0 Å². The highest BCUT2D eigenvalue weighted by molar-refractivity contribution is 5.96. The van der Waals surface area contributed by atoms with Gasteiger partial charge in [-0.3, -0.25) is 14.4 Å². The normalized spacial score (nSPS) is 10.6. The SMILES string of the molecule is CC(C)(C)c1ccc(C(=O)NCC(=O)OCC(=O)Nc2ccc(C#N)cc2)cc1. The Labute approximate surface area is 169 Å². The summed E-state index contributed by atoms with van der Waals surface area (Å²) in [7, 11) is 0. The molecule has 2 aromatic carbocycles. The lowest BCUT2D eigenvalue weighted by Gasteiger charge is -2.19. The Bertz CT molecular complexity index is 921. The monoisotopic (exact) mass is 393 g/mol. The van der Waals surface area contributed by atoms with Crippen molar-refractivity contribution in [1.29, 1.82) is 5.26 Å². The van der Waals surface area contributed by atoms with Crippen molar-refractivity contribution in [2.24, 2.45) is 0 Å². The Balaban J connectivity index is 1.75. The Morgan fingerprint density at radius 2 is 1.62 bits per heavy atom. The smallest absolute Gasteiger partial charge is 0.325 e. The van der Waals surface area contributed by atoms with Crippen molar-refractivity contribution in [3.63, 3.8) is 0 Å². The molecule has 0 bridgehead atoms. The van der Waals surface area contributed by atoms with Gasteiger partial charge in [-0.2, -0.15) is 5.26 Å². The van der Waals surface area contributed by atoms with Crippen LogP contribution in [0.2, 0.25) is 0 Å². The summed E-state index contributed by atoms with van der Waals surface area (Å²) < 4.78 is 4.85. The molecule has 2 amide bonds. The van der Waals surface area contributed by atoms with Crippen LogP contribution in [-0.2, 0) is 19.7 Å². The molecule has 2 rings (SSSR count). The lowest BCUT2D eigenvalue weighted by Crippen LogP contribution is -2.32. The van der Waals surface area contributed by atoms with Crippen molar-refractivity contribution in [2.45, 2.75) is 26.2 Å². The summed E-state index contributed by atoms with van der Waals surface area (Å²) in [5.41, 5.74) is 2.47. The number of nitriles is 1. The molecule has 0 fully saturated rings. The molecule has 0 atom stereocenters. The fourth-order valence-electron chi connectivity index (χ4n) is 2.40. The topological polar surface area (TPSA) is 108 Å². The second kappa shape index (κ2) is 9.51. The number of nitrogens with one attached hydrogen (secondary N) is 2. The Kier molecular flexibility index (Phi) is 7.10.